The molecule has 0 saturated carbocycles. The standard InChI is InChI=1S/C15H27NSi/c1-6-16(7-2)15(17(3,4)5)13-14-11-9-8-10-12-14/h8-12,15H,6-7,13H2,1-5H3. The summed E-state index contributed by atoms with van der Waals surface area (Å²) >= 11 is 0. The molecule has 17 heavy (non-hydrogen) atoms. The number of rotatable bonds is 6. The van der Waals surface area contributed by atoms with Gasteiger partial charge in [-0.25, -0.2) is 0 Å². The van der Waals surface area contributed by atoms with Gasteiger partial charge in [0.2, 0.25) is 0 Å². The highest BCUT2D eigenvalue weighted by Crippen LogP contribution is 2.19. The molecule has 0 aliphatic carbocycles. The Kier molecular flexibility index (Phi) is 5.41. The van der Waals surface area contributed by atoms with Crippen LogP contribution in [0.3, 0.4) is 0 Å². The van der Waals surface area contributed by atoms with Gasteiger partial charge in [0.05, 0.1) is 8.07 Å². The first kappa shape index (κ1) is 14.5. The fourth-order valence-electron chi connectivity index (χ4n) is 2.48. The van der Waals surface area contributed by atoms with E-state index in [1.807, 2.05) is 0 Å². The fraction of sp³-hybridized carbons (Fsp3) is 0.600. The maximum absolute atomic E-state index is 2.64. The zero-order valence-electron chi connectivity index (χ0n) is 12.0. The Morgan fingerprint density at radius 3 is 1.94 bits per heavy atom. The highest BCUT2D eigenvalue weighted by Gasteiger charge is 2.30. The summed E-state index contributed by atoms with van der Waals surface area (Å²) in [6.07, 6.45) is 1.21. The molecule has 1 unspecified atom stereocenters. The monoisotopic (exact) mass is 249 g/mol. The summed E-state index contributed by atoms with van der Waals surface area (Å²) in [5, 5.41) is 0. The van der Waals surface area contributed by atoms with E-state index >= 15 is 0 Å². The number of hydrogen-bond donors (Lipinski definition) is 0. The fourth-order valence-corrected chi connectivity index (χ4v) is 4.79. The molecule has 0 radical (unpaired) electrons. The van der Waals surface area contributed by atoms with Gasteiger partial charge in [-0.3, -0.25) is 0 Å². The second-order valence-corrected chi connectivity index (χ2v) is 11.2. The molecule has 1 aromatic carbocycles. The third-order valence-corrected chi connectivity index (χ3v) is 6.09. The van der Waals surface area contributed by atoms with Gasteiger partial charge in [-0.1, -0.05) is 63.8 Å². The largest absolute Gasteiger partial charge is 0.303 e. The smallest absolute Gasteiger partial charge is 0.0642 e. The number of likely N-dealkylation sites (N-methyl/N-ethyl adjacent to an activating group) is 1. The van der Waals surface area contributed by atoms with Crippen molar-refractivity contribution in [2.45, 2.75) is 45.6 Å². The summed E-state index contributed by atoms with van der Waals surface area (Å²) in [6, 6.07) is 10.9. The predicted octanol–water partition coefficient (Wildman–Crippen LogP) is 3.82. The summed E-state index contributed by atoms with van der Waals surface area (Å²) in [5.41, 5.74) is 2.23. The van der Waals surface area contributed by atoms with Gasteiger partial charge in [0.25, 0.3) is 0 Å². The molecular weight excluding hydrogens is 222 g/mol. The lowest BCUT2D eigenvalue weighted by molar-refractivity contribution is 0.268. The molecule has 0 amide bonds. The van der Waals surface area contributed by atoms with Gasteiger partial charge in [-0.2, -0.15) is 0 Å². The van der Waals surface area contributed by atoms with Crippen LogP contribution in [0.1, 0.15) is 19.4 Å². The normalized spacial score (nSPS) is 14.0. The van der Waals surface area contributed by atoms with E-state index in [1.54, 1.807) is 0 Å². The zero-order chi connectivity index (χ0) is 12.9. The van der Waals surface area contributed by atoms with E-state index in [-0.39, 0.29) is 0 Å². The highest BCUT2D eigenvalue weighted by molar-refractivity contribution is 6.77. The summed E-state index contributed by atoms with van der Waals surface area (Å²) in [7, 11) is -1.15. The van der Waals surface area contributed by atoms with Crippen molar-refractivity contribution in [3.05, 3.63) is 35.9 Å². The van der Waals surface area contributed by atoms with E-state index in [0.29, 0.717) is 0 Å². The van der Waals surface area contributed by atoms with Gasteiger partial charge in [0.15, 0.2) is 0 Å². The molecule has 1 aromatic rings. The van der Waals surface area contributed by atoms with E-state index in [2.05, 4.69) is 68.7 Å². The molecule has 96 valence electrons. The minimum atomic E-state index is -1.15. The van der Waals surface area contributed by atoms with Gasteiger partial charge >= 0.3 is 0 Å². The topological polar surface area (TPSA) is 3.24 Å². The van der Waals surface area contributed by atoms with Crippen molar-refractivity contribution in [2.24, 2.45) is 0 Å². The predicted molar refractivity (Wildman–Crippen MR) is 80.2 cm³/mol. The minimum Gasteiger partial charge on any atom is -0.303 e. The maximum atomic E-state index is 2.64. The van der Waals surface area contributed by atoms with Crippen LogP contribution in [0.15, 0.2) is 30.3 Å². The Labute approximate surface area is 108 Å². The molecule has 0 N–H and O–H groups in total. The van der Waals surface area contributed by atoms with E-state index < -0.39 is 8.07 Å². The van der Waals surface area contributed by atoms with Gasteiger partial charge in [0.1, 0.15) is 0 Å². The van der Waals surface area contributed by atoms with Crippen molar-refractivity contribution in [2.75, 3.05) is 13.1 Å². The zero-order valence-corrected chi connectivity index (χ0v) is 13.0. The second kappa shape index (κ2) is 6.36. The molecule has 0 aromatic heterocycles. The molecule has 0 spiro atoms. The van der Waals surface area contributed by atoms with Crippen molar-refractivity contribution in [1.29, 1.82) is 0 Å². The van der Waals surface area contributed by atoms with Crippen molar-refractivity contribution in [1.82, 2.24) is 4.90 Å². The van der Waals surface area contributed by atoms with Crippen LogP contribution in [-0.4, -0.2) is 31.7 Å². The average molecular weight is 249 g/mol. The maximum Gasteiger partial charge on any atom is 0.0642 e. The Hall–Kier alpha value is -0.603. The molecule has 0 heterocycles. The lowest BCUT2D eigenvalue weighted by atomic mass is 10.1. The van der Waals surface area contributed by atoms with E-state index in [1.165, 1.54) is 12.0 Å². The van der Waals surface area contributed by atoms with Crippen molar-refractivity contribution in [3.63, 3.8) is 0 Å². The summed E-state index contributed by atoms with van der Waals surface area (Å²) < 4.78 is 0. The van der Waals surface area contributed by atoms with Crippen LogP contribution in [0.5, 0.6) is 0 Å². The highest BCUT2D eigenvalue weighted by atomic mass is 28.3. The van der Waals surface area contributed by atoms with E-state index in [0.717, 1.165) is 18.8 Å². The van der Waals surface area contributed by atoms with Gasteiger partial charge < -0.3 is 4.90 Å². The van der Waals surface area contributed by atoms with Crippen LogP contribution in [-0.2, 0) is 6.42 Å². The minimum absolute atomic E-state index is 0.750. The number of nitrogens with zero attached hydrogens (tertiary/aromatic N) is 1. The third kappa shape index (κ3) is 4.28. The molecule has 0 aliphatic rings. The lowest BCUT2D eigenvalue weighted by Gasteiger charge is -2.38. The second-order valence-electron chi connectivity index (χ2n) is 5.79. The van der Waals surface area contributed by atoms with Gasteiger partial charge in [0, 0.05) is 5.67 Å². The Bertz CT molecular complexity index is 311. The SMILES string of the molecule is CCN(CC)C(Cc1ccccc1)[Si](C)(C)C. The molecule has 0 aliphatic heterocycles. The van der Waals surface area contributed by atoms with Crippen LogP contribution < -0.4 is 0 Å². The Morgan fingerprint density at radius 1 is 1.00 bits per heavy atom. The van der Waals surface area contributed by atoms with Crippen molar-refractivity contribution >= 4 is 8.07 Å². The average Bonchev–Trinajstić information content (AvgIpc) is 2.29. The van der Waals surface area contributed by atoms with Gasteiger partial charge in [-0.15, -0.1) is 0 Å². The first-order valence-corrected chi connectivity index (χ1v) is 10.3. The van der Waals surface area contributed by atoms with E-state index in [4.69, 9.17) is 0 Å². The number of benzene rings is 1. The quantitative estimate of drug-likeness (QED) is 0.693. The molecule has 0 bridgehead atoms. The molecule has 1 atom stereocenters. The molecule has 2 heteroatoms. The van der Waals surface area contributed by atoms with Crippen LogP contribution in [0.25, 0.3) is 0 Å². The molecule has 1 rings (SSSR count). The van der Waals surface area contributed by atoms with Crippen molar-refractivity contribution < 1.29 is 0 Å². The van der Waals surface area contributed by atoms with Gasteiger partial charge in [-0.05, 0) is 25.1 Å². The molecular formula is C15H27NSi. The van der Waals surface area contributed by atoms with Crippen LogP contribution in [0.2, 0.25) is 19.6 Å². The van der Waals surface area contributed by atoms with Crippen LogP contribution in [0, 0.1) is 0 Å². The van der Waals surface area contributed by atoms with Crippen LogP contribution >= 0.6 is 0 Å². The summed E-state index contributed by atoms with van der Waals surface area (Å²) in [6.45, 7) is 14.3. The molecule has 1 nitrogen and oxygen atoms in total. The number of hydrogen-bond acceptors (Lipinski definition) is 1. The Morgan fingerprint density at radius 2 is 1.53 bits per heavy atom. The first-order valence-electron chi connectivity index (χ1n) is 6.77. The van der Waals surface area contributed by atoms with Crippen molar-refractivity contribution in [3.8, 4) is 0 Å². The molecule has 0 fully saturated rings. The molecule has 0 saturated heterocycles. The Balaban J connectivity index is 2.85. The summed E-state index contributed by atoms with van der Waals surface area (Å²) in [4.78, 5) is 2.64. The van der Waals surface area contributed by atoms with Crippen LogP contribution in [0.4, 0.5) is 0 Å². The lowest BCUT2D eigenvalue weighted by Crippen LogP contribution is -2.52. The first-order chi connectivity index (χ1) is 7.99. The third-order valence-electron chi connectivity index (χ3n) is 3.52. The van der Waals surface area contributed by atoms with E-state index in [9.17, 15) is 0 Å². The summed E-state index contributed by atoms with van der Waals surface area (Å²) in [5.74, 6) is 0.